The number of rotatable bonds is 4. The summed E-state index contributed by atoms with van der Waals surface area (Å²) in [7, 11) is 0. The van der Waals surface area contributed by atoms with Gasteiger partial charge in [0.25, 0.3) is 0 Å². The van der Waals surface area contributed by atoms with Crippen molar-refractivity contribution >= 4 is 17.2 Å². The monoisotopic (exact) mass is 322 g/mol. The molecule has 1 saturated carbocycles. The van der Waals surface area contributed by atoms with E-state index in [1.807, 2.05) is 11.3 Å². The molecule has 1 aromatic heterocycles. The molecule has 0 bridgehead atoms. The highest BCUT2D eigenvalue weighted by molar-refractivity contribution is 7.10. The SMILES string of the molecule is NC1(C(=O)NCC2(c3cccs3)CCCCC2)CCOCC1. The van der Waals surface area contributed by atoms with E-state index in [9.17, 15) is 4.79 Å². The molecule has 0 radical (unpaired) electrons. The number of thiophene rings is 1. The Labute approximate surface area is 136 Å². The number of carbonyl (C=O) groups is 1. The molecular formula is C17H26N2O2S. The topological polar surface area (TPSA) is 64.4 Å². The van der Waals surface area contributed by atoms with Crippen molar-refractivity contribution in [3.63, 3.8) is 0 Å². The molecule has 122 valence electrons. The van der Waals surface area contributed by atoms with Gasteiger partial charge in [0.1, 0.15) is 0 Å². The second kappa shape index (κ2) is 6.69. The fourth-order valence-corrected chi connectivity index (χ4v) is 4.69. The summed E-state index contributed by atoms with van der Waals surface area (Å²) in [4.78, 5) is 14.0. The van der Waals surface area contributed by atoms with Gasteiger partial charge in [0.15, 0.2) is 0 Å². The third-order valence-electron chi connectivity index (χ3n) is 5.28. The molecule has 0 aromatic carbocycles. The van der Waals surface area contributed by atoms with E-state index >= 15 is 0 Å². The predicted molar refractivity (Wildman–Crippen MR) is 89.1 cm³/mol. The van der Waals surface area contributed by atoms with Gasteiger partial charge in [0.05, 0.1) is 5.54 Å². The van der Waals surface area contributed by atoms with Crippen LogP contribution in [0.5, 0.6) is 0 Å². The summed E-state index contributed by atoms with van der Waals surface area (Å²) in [5, 5.41) is 5.31. The van der Waals surface area contributed by atoms with Crippen LogP contribution in [0, 0.1) is 0 Å². The van der Waals surface area contributed by atoms with E-state index in [1.165, 1.54) is 24.1 Å². The van der Waals surface area contributed by atoms with Crippen molar-refractivity contribution in [2.45, 2.75) is 55.9 Å². The van der Waals surface area contributed by atoms with Crippen LogP contribution in [0.4, 0.5) is 0 Å². The van der Waals surface area contributed by atoms with Crippen LogP contribution in [0.15, 0.2) is 17.5 Å². The maximum Gasteiger partial charge on any atom is 0.240 e. The molecule has 2 aliphatic rings. The summed E-state index contributed by atoms with van der Waals surface area (Å²) in [5.41, 5.74) is 5.66. The third-order valence-corrected chi connectivity index (χ3v) is 6.40. The van der Waals surface area contributed by atoms with Gasteiger partial charge in [-0.15, -0.1) is 11.3 Å². The summed E-state index contributed by atoms with van der Waals surface area (Å²) in [6, 6.07) is 4.33. The first kappa shape index (κ1) is 16.0. The highest BCUT2D eigenvalue weighted by Crippen LogP contribution is 2.41. The Kier molecular flexibility index (Phi) is 4.85. The molecule has 2 fully saturated rings. The van der Waals surface area contributed by atoms with Crippen molar-refractivity contribution in [1.82, 2.24) is 5.32 Å². The van der Waals surface area contributed by atoms with Crippen LogP contribution in [0.3, 0.4) is 0 Å². The predicted octanol–water partition coefficient (Wildman–Crippen LogP) is 2.57. The largest absolute Gasteiger partial charge is 0.381 e. The van der Waals surface area contributed by atoms with E-state index in [4.69, 9.17) is 10.5 Å². The van der Waals surface area contributed by atoms with Crippen molar-refractivity contribution < 1.29 is 9.53 Å². The van der Waals surface area contributed by atoms with Gasteiger partial charge in [-0.05, 0) is 37.1 Å². The summed E-state index contributed by atoms with van der Waals surface area (Å²) < 4.78 is 5.33. The summed E-state index contributed by atoms with van der Waals surface area (Å²) in [6.07, 6.45) is 7.35. The van der Waals surface area contributed by atoms with Gasteiger partial charge in [0.2, 0.25) is 5.91 Å². The lowest BCUT2D eigenvalue weighted by molar-refractivity contribution is -0.130. The molecule has 1 saturated heterocycles. The molecule has 3 N–H and O–H groups in total. The van der Waals surface area contributed by atoms with Crippen LogP contribution in [-0.4, -0.2) is 31.2 Å². The van der Waals surface area contributed by atoms with E-state index in [-0.39, 0.29) is 11.3 Å². The van der Waals surface area contributed by atoms with E-state index in [1.54, 1.807) is 0 Å². The maximum atomic E-state index is 12.6. The maximum absolute atomic E-state index is 12.6. The highest BCUT2D eigenvalue weighted by atomic mass is 32.1. The minimum atomic E-state index is -0.746. The first-order chi connectivity index (χ1) is 10.6. The molecule has 3 rings (SSSR count). The number of nitrogens with two attached hydrogens (primary N) is 1. The number of hydrogen-bond acceptors (Lipinski definition) is 4. The molecule has 1 aliphatic heterocycles. The van der Waals surface area contributed by atoms with Crippen molar-refractivity contribution in [1.29, 1.82) is 0 Å². The fourth-order valence-electron chi connectivity index (χ4n) is 3.71. The molecule has 1 aliphatic carbocycles. The van der Waals surface area contributed by atoms with E-state index in [0.29, 0.717) is 32.6 Å². The van der Waals surface area contributed by atoms with Gasteiger partial charge in [-0.3, -0.25) is 4.79 Å². The molecule has 0 unspecified atom stereocenters. The van der Waals surface area contributed by atoms with Crippen molar-refractivity contribution in [2.24, 2.45) is 5.73 Å². The number of ether oxygens (including phenoxy) is 1. The number of carbonyl (C=O) groups excluding carboxylic acids is 1. The number of amides is 1. The number of nitrogens with one attached hydrogen (secondary N) is 1. The van der Waals surface area contributed by atoms with Crippen LogP contribution in [0.1, 0.15) is 49.8 Å². The van der Waals surface area contributed by atoms with Gasteiger partial charge >= 0.3 is 0 Å². The van der Waals surface area contributed by atoms with Gasteiger partial charge in [0, 0.05) is 30.1 Å². The second-order valence-corrected chi connectivity index (χ2v) is 7.72. The smallest absolute Gasteiger partial charge is 0.240 e. The average molecular weight is 322 g/mol. The third kappa shape index (κ3) is 3.21. The zero-order valence-electron chi connectivity index (χ0n) is 13.1. The van der Waals surface area contributed by atoms with E-state index in [2.05, 4.69) is 22.8 Å². The minimum Gasteiger partial charge on any atom is -0.381 e. The summed E-state index contributed by atoms with van der Waals surface area (Å²) >= 11 is 1.81. The van der Waals surface area contributed by atoms with Gasteiger partial charge in [-0.1, -0.05) is 25.3 Å². The Hall–Kier alpha value is -0.910. The molecular weight excluding hydrogens is 296 g/mol. The van der Waals surface area contributed by atoms with Gasteiger partial charge in [-0.2, -0.15) is 0 Å². The Bertz CT molecular complexity index is 489. The normalized spacial score (nSPS) is 23.9. The fraction of sp³-hybridized carbons (Fsp3) is 0.706. The first-order valence-electron chi connectivity index (χ1n) is 8.34. The van der Waals surface area contributed by atoms with Crippen LogP contribution in [-0.2, 0) is 14.9 Å². The molecule has 0 atom stereocenters. The highest BCUT2D eigenvalue weighted by Gasteiger charge is 2.39. The number of hydrogen-bond donors (Lipinski definition) is 2. The molecule has 1 aromatic rings. The van der Waals surface area contributed by atoms with Crippen LogP contribution >= 0.6 is 11.3 Å². The lowest BCUT2D eigenvalue weighted by atomic mass is 9.72. The lowest BCUT2D eigenvalue weighted by Crippen LogP contribution is -2.58. The van der Waals surface area contributed by atoms with E-state index in [0.717, 1.165) is 12.8 Å². The second-order valence-electron chi connectivity index (χ2n) is 6.77. The molecule has 2 heterocycles. The quantitative estimate of drug-likeness (QED) is 0.895. The molecule has 4 nitrogen and oxygen atoms in total. The van der Waals surface area contributed by atoms with Crippen LogP contribution in [0.25, 0.3) is 0 Å². The zero-order valence-corrected chi connectivity index (χ0v) is 13.9. The Morgan fingerprint density at radius 3 is 2.59 bits per heavy atom. The summed E-state index contributed by atoms with van der Waals surface area (Å²) in [6.45, 7) is 1.88. The zero-order chi connectivity index (χ0) is 15.5. The Morgan fingerprint density at radius 2 is 1.95 bits per heavy atom. The molecule has 0 spiro atoms. The Morgan fingerprint density at radius 1 is 1.23 bits per heavy atom. The van der Waals surface area contributed by atoms with Crippen LogP contribution < -0.4 is 11.1 Å². The van der Waals surface area contributed by atoms with E-state index < -0.39 is 5.54 Å². The van der Waals surface area contributed by atoms with Crippen LogP contribution in [0.2, 0.25) is 0 Å². The summed E-state index contributed by atoms with van der Waals surface area (Å²) in [5.74, 6) is -0.00250. The minimum absolute atomic E-state index is 0.00250. The lowest BCUT2D eigenvalue weighted by Gasteiger charge is -2.38. The standard InChI is InChI=1S/C17H26N2O2S/c18-17(8-10-21-11-9-17)15(20)19-13-16(6-2-1-3-7-16)14-5-4-12-22-14/h4-5,12H,1-3,6-11,13,18H2,(H,19,20). The van der Waals surface area contributed by atoms with Crippen molar-refractivity contribution in [3.05, 3.63) is 22.4 Å². The Balaban J connectivity index is 1.68. The average Bonchev–Trinajstić information content (AvgIpc) is 3.09. The van der Waals surface area contributed by atoms with Gasteiger partial charge < -0.3 is 15.8 Å². The van der Waals surface area contributed by atoms with Crippen molar-refractivity contribution in [3.8, 4) is 0 Å². The first-order valence-corrected chi connectivity index (χ1v) is 9.22. The molecule has 22 heavy (non-hydrogen) atoms. The van der Waals surface area contributed by atoms with Gasteiger partial charge in [-0.25, -0.2) is 0 Å². The molecule has 5 heteroatoms. The molecule has 1 amide bonds. The van der Waals surface area contributed by atoms with Crippen molar-refractivity contribution in [2.75, 3.05) is 19.8 Å².